The van der Waals surface area contributed by atoms with Crippen LogP contribution in [0.25, 0.3) is 0 Å². The number of nitrogens with zero attached hydrogens (tertiary/aromatic N) is 2. The topological polar surface area (TPSA) is 90.1 Å². The maximum atomic E-state index is 12.1. The van der Waals surface area contributed by atoms with E-state index in [1.165, 1.54) is 19.3 Å². The third kappa shape index (κ3) is 3.83. The maximum absolute atomic E-state index is 12.1. The highest BCUT2D eigenvalue weighted by Gasteiger charge is 2.26. The van der Waals surface area contributed by atoms with Gasteiger partial charge in [0.05, 0.1) is 11.9 Å². The SMILES string of the molecule is Cc1c(N2CCC(NC(=O)NC3CCCCC3)C2)cn[nH]c1=O. The number of nitrogens with one attached hydrogen (secondary N) is 3. The van der Waals surface area contributed by atoms with Crippen LogP contribution in [0.3, 0.4) is 0 Å². The smallest absolute Gasteiger partial charge is 0.315 e. The number of H-pyrrole nitrogens is 1. The van der Waals surface area contributed by atoms with Crippen LogP contribution >= 0.6 is 0 Å². The van der Waals surface area contributed by atoms with E-state index in [0.29, 0.717) is 18.2 Å². The normalized spacial score (nSPS) is 22.1. The molecule has 0 bridgehead atoms. The van der Waals surface area contributed by atoms with Gasteiger partial charge < -0.3 is 15.5 Å². The monoisotopic (exact) mass is 319 g/mol. The zero-order valence-electron chi connectivity index (χ0n) is 13.6. The van der Waals surface area contributed by atoms with Crippen molar-refractivity contribution in [2.45, 2.75) is 57.5 Å². The molecular weight excluding hydrogens is 294 g/mol. The van der Waals surface area contributed by atoms with Gasteiger partial charge >= 0.3 is 6.03 Å². The van der Waals surface area contributed by atoms with E-state index in [4.69, 9.17) is 0 Å². The Morgan fingerprint density at radius 2 is 1.96 bits per heavy atom. The Labute approximate surface area is 135 Å². The highest BCUT2D eigenvalue weighted by molar-refractivity contribution is 5.74. The maximum Gasteiger partial charge on any atom is 0.315 e. The van der Waals surface area contributed by atoms with Crippen LogP contribution in [0.4, 0.5) is 10.5 Å². The minimum atomic E-state index is -0.158. The van der Waals surface area contributed by atoms with Crippen molar-refractivity contribution in [2.75, 3.05) is 18.0 Å². The molecule has 3 N–H and O–H groups in total. The minimum Gasteiger partial charge on any atom is -0.368 e. The zero-order chi connectivity index (χ0) is 16.2. The molecule has 7 heteroatoms. The van der Waals surface area contributed by atoms with E-state index in [-0.39, 0.29) is 17.6 Å². The molecule has 1 saturated heterocycles. The van der Waals surface area contributed by atoms with E-state index in [9.17, 15) is 9.59 Å². The second-order valence-corrected chi connectivity index (χ2v) is 6.59. The largest absolute Gasteiger partial charge is 0.368 e. The number of hydrogen-bond acceptors (Lipinski definition) is 4. The number of aromatic amines is 1. The quantitative estimate of drug-likeness (QED) is 0.783. The van der Waals surface area contributed by atoms with E-state index >= 15 is 0 Å². The summed E-state index contributed by atoms with van der Waals surface area (Å²) in [7, 11) is 0. The highest BCUT2D eigenvalue weighted by Crippen LogP contribution is 2.21. The molecule has 0 radical (unpaired) electrons. The van der Waals surface area contributed by atoms with Crippen molar-refractivity contribution in [1.29, 1.82) is 0 Å². The van der Waals surface area contributed by atoms with Crippen LogP contribution in [0.5, 0.6) is 0 Å². The van der Waals surface area contributed by atoms with Crippen molar-refractivity contribution in [3.05, 3.63) is 22.1 Å². The standard InChI is InChI=1S/C16H25N5O2/c1-11-14(9-17-20-15(11)22)21-8-7-13(10-21)19-16(23)18-12-5-3-2-4-6-12/h9,12-13H,2-8,10H2,1H3,(H,20,22)(H2,18,19,23). The van der Waals surface area contributed by atoms with Crippen LogP contribution in [0, 0.1) is 6.92 Å². The van der Waals surface area contributed by atoms with Gasteiger partial charge in [-0.3, -0.25) is 4.79 Å². The van der Waals surface area contributed by atoms with Crippen molar-refractivity contribution in [2.24, 2.45) is 0 Å². The number of carbonyl (C=O) groups is 1. The second kappa shape index (κ2) is 7.02. The van der Waals surface area contributed by atoms with Crippen molar-refractivity contribution in [3.63, 3.8) is 0 Å². The first-order chi connectivity index (χ1) is 11.1. The molecule has 1 aromatic rings. The predicted molar refractivity (Wildman–Crippen MR) is 88.8 cm³/mol. The van der Waals surface area contributed by atoms with Gasteiger partial charge in [0.2, 0.25) is 0 Å². The van der Waals surface area contributed by atoms with E-state index < -0.39 is 0 Å². The molecule has 1 aliphatic carbocycles. The summed E-state index contributed by atoms with van der Waals surface area (Å²) in [6.07, 6.45) is 8.42. The molecule has 2 aliphatic rings. The summed E-state index contributed by atoms with van der Waals surface area (Å²) >= 11 is 0. The Bertz CT molecular complexity index is 609. The fourth-order valence-electron chi connectivity index (χ4n) is 3.52. The molecule has 2 fully saturated rings. The molecule has 0 aromatic carbocycles. The van der Waals surface area contributed by atoms with Crippen molar-refractivity contribution >= 4 is 11.7 Å². The molecule has 3 rings (SSSR count). The van der Waals surface area contributed by atoms with Crippen molar-refractivity contribution < 1.29 is 4.79 Å². The lowest BCUT2D eigenvalue weighted by molar-refractivity contribution is 0.229. The number of carbonyl (C=O) groups excluding carboxylic acids is 1. The first kappa shape index (κ1) is 15.8. The van der Waals surface area contributed by atoms with Crippen LogP contribution < -0.4 is 21.1 Å². The summed E-state index contributed by atoms with van der Waals surface area (Å²) < 4.78 is 0. The average molecular weight is 319 g/mol. The van der Waals surface area contributed by atoms with Gasteiger partial charge in [0.1, 0.15) is 0 Å². The number of rotatable bonds is 3. The van der Waals surface area contributed by atoms with Crippen LogP contribution in [-0.2, 0) is 0 Å². The highest BCUT2D eigenvalue weighted by atomic mass is 16.2. The number of amides is 2. The van der Waals surface area contributed by atoms with Crippen molar-refractivity contribution in [1.82, 2.24) is 20.8 Å². The Balaban J connectivity index is 1.52. The van der Waals surface area contributed by atoms with Gasteiger partial charge in [0.15, 0.2) is 0 Å². The zero-order valence-corrected chi connectivity index (χ0v) is 13.6. The molecule has 1 aromatic heterocycles. The molecule has 2 heterocycles. The van der Waals surface area contributed by atoms with Crippen molar-refractivity contribution in [3.8, 4) is 0 Å². The summed E-state index contributed by atoms with van der Waals surface area (Å²) in [5, 5.41) is 12.5. The molecular formula is C16H25N5O2. The van der Waals surface area contributed by atoms with Gasteiger partial charge in [-0.2, -0.15) is 5.10 Å². The lowest BCUT2D eigenvalue weighted by Gasteiger charge is -2.24. The number of hydrogen-bond donors (Lipinski definition) is 3. The number of anilines is 1. The third-order valence-electron chi connectivity index (χ3n) is 4.88. The lowest BCUT2D eigenvalue weighted by atomic mass is 9.96. The Morgan fingerprint density at radius 1 is 1.22 bits per heavy atom. The average Bonchev–Trinajstić information content (AvgIpc) is 2.99. The van der Waals surface area contributed by atoms with Gasteiger partial charge in [-0.25, -0.2) is 9.89 Å². The van der Waals surface area contributed by atoms with E-state index in [1.54, 1.807) is 13.1 Å². The molecule has 1 unspecified atom stereocenters. The van der Waals surface area contributed by atoms with Gasteiger partial charge in [-0.05, 0) is 26.2 Å². The predicted octanol–water partition coefficient (Wildman–Crippen LogP) is 1.29. The Kier molecular flexibility index (Phi) is 4.83. The summed E-state index contributed by atoms with van der Waals surface area (Å²) in [5.41, 5.74) is 1.37. The summed E-state index contributed by atoms with van der Waals surface area (Å²) in [5.74, 6) is 0. The first-order valence-corrected chi connectivity index (χ1v) is 8.50. The Morgan fingerprint density at radius 3 is 2.74 bits per heavy atom. The van der Waals surface area contributed by atoms with Crippen LogP contribution in [0.15, 0.2) is 11.0 Å². The molecule has 126 valence electrons. The fraction of sp³-hybridized carbons (Fsp3) is 0.688. The van der Waals surface area contributed by atoms with E-state index in [0.717, 1.165) is 31.5 Å². The fourth-order valence-corrected chi connectivity index (χ4v) is 3.52. The van der Waals surface area contributed by atoms with Crippen LogP contribution in [0.2, 0.25) is 0 Å². The minimum absolute atomic E-state index is 0.0653. The summed E-state index contributed by atoms with van der Waals surface area (Å²) in [4.78, 5) is 25.9. The number of urea groups is 1. The summed E-state index contributed by atoms with van der Waals surface area (Å²) in [6.45, 7) is 3.33. The van der Waals surface area contributed by atoms with Gasteiger partial charge in [-0.1, -0.05) is 19.3 Å². The Hall–Kier alpha value is -2.05. The molecule has 1 atom stereocenters. The van der Waals surface area contributed by atoms with E-state index in [2.05, 4.69) is 25.7 Å². The van der Waals surface area contributed by atoms with Gasteiger partial charge in [0, 0.05) is 30.7 Å². The van der Waals surface area contributed by atoms with Gasteiger partial charge in [-0.15, -0.1) is 0 Å². The molecule has 7 nitrogen and oxygen atoms in total. The summed E-state index contributed by atoms with van der Waals surface area (Å²) in [6, 6.07) is 0.363. The lowest BCUT2D eigenvalue weighted by Crippen LogP contribution is -2.47. The third-order valence-corrected chi connectivity index (χ3v) is 4.88. The second-order valence-electron chi connectivity index (χ2n) is 6.59. The van der Waals surface area contributed by atoms with Crippen LogP contribution in [0.1, 0.15) is 44.1 Å². The molecule has 0 spiro atoms. The van der Waals surface area contributed by atoms with Crippen LogP contribution in [-0.4, -0.2) is 41.4 Å². The molecule has 2 amide bonds. The number of aromatic nitrogens is 2. The first-order valence-electron chi connectivity index (χ1n) is 8.50. The van der Waals surface area contributed by atoms with Gasteiger partial charge in [0.25, 0.3) is 5.56 Å². The molecule has 23 heavy (non-hydrogen) atoms. The molecule has 1 saturated carbocycles. The van der Waals surface area contributed by atoms with E-state index in [1.807, 2.05) is 0 Å². The molecule has 1 aliphatic heterocycles.